The molecular weight excluding hydrogens is 376 g/mol. The highest BCUT2D eigenvalue weighted by Gasteiger charge is 2.35. The molecule has 2 amide bonds. The quantitative estimate of drug-likeness (QED) is 0.435. The third-order valence-electron chi connectivity index (χ3n) is 4.10. The largest absolute Gasteiger partial charge is 0.493 e. The monoisotopic (exact) mass is 396 g/mol. The molecule has 1 aliphatic heterocycles. The number of ether oxygens (including phenoxy) is 2. The Balaban J connectivity index is 2.47. The minimum Gasteiger partial charge on any atom is -0.493 e. The van der Waals surface area contributed by atoms with E-state index in [-0.39, 0.29) is 16.8 Å². The maximum Gasteiger partial charge on any atom is 0.265 e. The van der Waals surface area contributed by atoms with Crippen molar-refractivity contribution in [2.45, 2.75) is 26.4 Å². The zero-order valence-corrected chi connectivity index (χ0v) is 16.9. The van der Waals surface area contributed by atoms with Crippen LogP contribution in [0.2, 0.25) is 5.02 Å². The van der Waals surface area contributed by atoms with Crippen molar-refractivity contribution >= 4 is 46.8 Å². The summed E-state index contributed by atoms with van der Waals surface area (Å²) in [5, 5.41) is 0.495. The molecule has 0 spiro atoms. The van der Waals surface area contributed by atoms with E-state index < -0.39 is 11.8 Å². The van der Waals surface area contributed by atoms with E-state index in [2.05, 4.69) is 0 Å². The van der Waals surface area contributed by atoms with Gasteiger partial charge in [0.1, 0.15) is 5.57 Å². The van der Waals surface area contributed by atoms with Crippen LogP contribution in [0.3, 0.4) is 0 Å². The predicted molar refractivity (Wildman–Crippen MR) is 105 cm³/mol. The van der Waals surface area contributed by atoms with Crippen molar-refractivity contribution in [2.24, 2.45) is 0 Å². The van der Waals surface area contributed by atoms with Gasteiger partial charge in [0.05, 0.1) is 18.2 Å². The fourth-order valence-corrected chi connectivity index (χ4v) is 2.79. The van der Waals surface area contributed by atoms with E-state index in [1.54, 1.807) is 12.1 Å². The molecule has 0 unspecified atom stereocenters. The molecular formula is C18H21ClN2O4S. The lowest BCUT2D eigenvalue weighted by Crippen LogP contribution is -2.52. The molecule has 1 heterocycles. The van der Waals surface area contributed by atoms with Gasteiger partial charge in [0, 0.05) is 14.1 Å². The van der Waals surface area contributed by atoms with Gasteiger partial charge in [-0.1, -0.05) is 18.5 Å². The Morgan fingerprint density at radius 1 is 1.23 bits per heavy atom. The Morgan fingerprint density at radius 3 is 2.31 bits per heavy atom. The van der Waals surface area contributed by atoms with Gasteiger partial charge in [0.2, 0.25) is 0 Å². The topological polar surface area (TPSA) is 59.1 Å². The van der Waals surface area contributed by atoms with Gasteiger partial charge in [-0.2, -0.15) is 0 Å². The molecule has 0 N–H and O–H groups in total. The van der Waals surface area contributed by atoms with Crippen LogP contribution in [0.25, 0.3) is 6.08 Å². The third kappa shape index (κ3) is 3.83. The average Bonchev–Trinajstić information content (AvgIpc) is 2.63. The summed E-state index contributed by atoms with van der Waals surface area (Å²) in [6.45, 7) is 3.93. The first-order chi connectivity index (χ1) is 12.2. The standard InChI is InChI=1S/C18H21ClN2O4S/c1-6-10(2)25-15-13(19)8-11(9-14(15)24-5)7-12-16(22)20(3)18(26)21(4)17(12)23/h7-10H,6H2,1-5H3/t10-/m1/s1. The highest BCUT2D eigenvalue weighted by atomic mass is 35.5. The number of halogens is 1. The van der Waals surface area contributed by atoms with E-state index in [1.165, 1.54) is 37.1 Å². The van der Waals surface area contributed by atoms with E-state index in [9.17, 15) is 9.59 Å². The summed E-state index contributed by atoms with van der Waals surface area (Å²) in [4.78, 5) is 27.3. The van der Waals surface area contributed by atoms with Gasteiger partial charge in [0.25, 0.3) is 11.8 Å². The number of methoxy groups -OCH3 is 1. The zero-order chi connectivity index (χ0) is 19.6. The van der Waals surface area contributed by atoms with Gasteiger partial charge < -0.3 is 9.47 Å². The van der Waals surface area contributed by atoms with Crippen LogP contribution in [0.15, 0.2) is 17.7 Å². The van der Waals surface area contributed by atoms with Crippen LogP contribution in [-0.2, 0) is 9.59 Å². The molecule has 140 valence electrons. The van der Waals surface area contributed by atoms with Crippen LogP contribution in [-0.4, -0.2) is 54.0 Å². The number of benzene rings is 1. The molecule has 6 nitrogen and oxygen atoms in total. The molecule has 26 heavy (non-hydrogen) atoms. The van der Waals surface area contributed by atoms with Crippen LogP contribution < -0.4 is 9.47 Å². The Labute approximate surface area is 163 Å². The van der Waals surface area contributed by atoms with Gasteiger partial charge in [0.15, 0.2) is 16.6 Å². The number of hydrogen-bond acceptors (Lipinski definition) is 5. The van der Waals surface area contributed by atoms with Crippen LogP contribution in [0.1, 0.15) is 25.8 Å². The van der Waals surface area contributed by atoms with E-state index in [0.717, 1.165) is 6.42 Å². The Kier molecular flexibility index (Phi) is 6.26. The lowest BCUT2D eigenvalue weighted by Gasteiger charge is -2.31. The number of amides is 2. The van der Waals surface area contributed by atoms with E-state index >= 15 is 0 Å². The molecule has 0 bridgehead atoms. The summed E-state index contributed by atoms with van der Waals surface area (Å²) in [5.74, 6) is -0.0683. The molecule has 0 radical (unpaired) electrons. The van der Waals surface area contributed by atoms with E-state index in [0.29, 0.717) is 22.1 Å². The maximum absolute atomic E-state index is 12.4. The summed E-state index contributed by atoms with van der Waals surface area (Å²) in [6.07, 6.45) is 2.25. The fraction of sp³-hybridized carbons (Fsp3) is 0.389. The lowest BCUT2D eigenvalue weighted by molar-refractivity contribution is -0.132. The average molecular weight is 397 g/mol. The number of carbonyl (C=O) groups is 2. The molecule has 1 aromatic carbocycles. The lowest BCUT2D eigenvalue weighted by atomic mass is 10.1. The van der Waals surface area contributed by atoms with Crippen LogP contribution in [0.4, 0.5) is 0 Å². The van der Waals surface area contributed by atoms with Crippen LogP contribution in [0.5, 0.6) is 11.5 Å². The van der Waals surface area contributed by atoms with Gasteiger partial charge in [-0.15, -0.1) is 0 Å². The summed E-state index contributed by atoms with van der Waals surface area (Å²) in [5.41, 5.74) is 0.548. The second-order valence-corrected chi connectivity index (χ2v) is 6.71. The second kappa shape index (κ2) is 8.05. The second-order valence-electron chi connectivity index (χ2n) is 5.94. The van der Waals surface area contributed by atoms with Crippen LogP contribution in [0, 0.1) is 0 Å². The normalized spacial score (nSPS) is 16.1. The van der Waals surface area contributed by atoms with Gasteiger partial charge >= 0.3 is 0 Å². The smallest absolute Gasteiger partial charge is 0.265 e. The fourth-order valence-electron chi connectivity index (χ4n) is 2.36. The molecule has 1 atom stereocenters. The third-order valence-corrected chi connectivity index (χ3v) is 4.93. The number of rotatable bonds is 5. The Morgan fingerprint density at radius 2 is 1.81 bits per heavy atom. The molecule has 1 fully saturated rings. The highest BCUT2D eigenvalue weighted by Crippen LogP contribution is 2.38. The molecule has 0 saturated carbocycles. The van der Waals surface area contributed by atoms with Gasteiger partial charge in [-0.25, -0.2) is 0 Å². The van der Waals surface area contributed by atoms with E-state index in [1.807, 2.05) is 13.8 Å². The summed E-state index contributed by atoms with van der Waals surface area (Å²) >= 11 is 11.4. The first-order valence-corrected chi connectivity index (χ1v) is 8.85. The summed E-state index contributed by atoms with van der Waals surface area (Å²) in [7, 11) is 4.55. The van der Waals surface area contributed by atoms with Crippen molar-refractivity contribution in [1.82, 2.24) is 9.80 Å². The Hall–Kier alpha value is -2.12. The number of likely N-dealkylation sites (N-methyl/N-ethyl adjacent to an activating group) is 2. The zero-order valence-electron chi connectivity index (χ0n) is 15.3. The van der Waals surface area contributed by atoms with Crippen molar-refractivity contribution in [3.8, 4) is 11.5 Å². The highest BCUT2D eigenvalue weighted by molar-refractivity contribution is 7.80. The molecule has 1 aliphatic rings. The van der Waals surface area contributed by atoms with Crippen molar-refractivity contribution < 1.29 is 19.1 Å². The minimum absolute atomic E-state index is 0.00249. The molecule has 8 heteroatoms. The first-order valence-electron chi connectivity index (χ1n) is 8.07. The van der Waals surface area contributed by atoms with E-state index in [4.69, 9.17) is 33.3 Å². The number of hydrogen-bond donors (Lipinski definition) is 0. The first kappa shape index (κ1) is 20.2. The summed E-state index contributed by atoms with van der Waals surface area (Å²) < 4.78 is 11.2. The maximum atomic E-state index is 12.4. The Bertz CT molecular complexity index is 768. The minimum atomic E-state index is -0.465. The van der Waals surface area contributed by atoms with Crippen molar-refractivity contribution in [3.63, 3.8) is 0 Å². The number of nitrogens with zero attached hydrogens (tertiary/aromatic N) is 2. The SMILES string of the molecule is CC[C@@H](C)Oc1c(Cl)cc(C=C2C(=O)N(C)C(=S)N(C)C2=O)cc1OC. The number of thiocarbonyl (C=S) groups is 1. The summed E-state index contributed by atoms with van der Waals surface area (Å²) in [6, 6.07) is 3.30. The van der Waals surface area contributed by atoms with Crippen molar-refractivity contribution in [2.75, 3.05) is 21.2 Å². The van der Waals surface area contributed by atoms with Gasteiger partial charge in [-0.3, -0.25) is 19.4 Å². The molecule has 1 aromatic rings. The number of carbonyl (C=O) groups excluding carboxylic acids is 2. The molecule has 0 aromatic heterocycles. The van der Waals surface area contributed by atoms with Crippen LogP contribution >= 0.6 is 23.8 Å². The van der Waals surface area contributed by atoms with Crippen molar-refractivity contribution in [1.29, 1.82) is 0 Å². The van der Waals surface area contributed by atoms with Gasteiger partial charge in [-0.05, 0) is 49.3 Å². The molecule has 2 rings (SSSR count). The molecule has 1 saturated heterocycles. The van der Waals surface area contributed by atoms with Crippen molar-refractivity contribution in [3.05, 3.63) is 28.3 Å². The molecule has 0 aliphatic carbocycles. The predicted octanol–water partition coefficient (Wildman–Crippen LogP) is 3.12.